The maximum Gasteiger partial charge on any atom is 0.344 e. The van der Waals surface area contributed by atoms with Gasteiger partial charge in [0.1, 0.15) is 37.9 Å². The number of ether oxygens (including phenoxy) is 5. The molecule has 1 unspecified atom stereocenters. The highest BCUT2D eigenvalue weighted by Crippen LogP contribution is 2.24. The minimum Gasteiger partial charge on any atom is -0.480 e. The number of carboxylic acid groups (broad SMARTS) is 5. The summed E-state index contributed by atoms with van der Waals surface area (Å²) in [4.78, 5) is 129. The lowest BCUT2D eigenvalue weighted by atomic mass is 9.92. The number of nitrogens with zero attached hydrogens (tertiary/aromatic N) is 3. The highest BCUT2D eigenvalue weighted by Gasteiger charge is 2.38. The number of carbonyl (C=O) groups is 10. The van der Waals surface area contributed by atoms with Gasteiger partial charge in [0.2, 0.25) is 0 Å². The molecule has 0 aliphatic carbocycles. The van der Waals surface area contributed by atoms with Gasteiger partial charge in [-0.25, -0.2) is 4.79 Å². The Labute approximate surface area is 563 Å². The van der Waals surface area contributed by atoms with E-state index in [1.807, 2.05) is 0 Å². The normalized spacial score (nSPS) is 11.9. The van der Waals surface area contributed by atoms with Crippen LogP contribution in [0.1, 0.15) is 297 Å². The molecule has 23 nitrogen and oxygen atoms in total. The van der Waals surface area contributed by atoms with Crippen LogP contribution in [-0.4, -0.2) is 191 Å². The SMILES string of the molecule is CCCCCCCCCCCCCCCC(=O)OCC(COC(=O)CCCCCCCCCCCCCCC)(COC(=O)CCCCCCCCCCCCCCC)COC(=O)COC(=O)CC(C(=O)O)N(CCN(CC(=O)O)CC(=O)O)CCN(CC(=O)O)CC(=O)O. The van der Waals surface area contributed by atoms with Gasteiger partial charge >= 0.3 is 59.7 Å². The van der Waals surface area contributed by atoms with E-state index in [9.17, 15) is 73.5 Å². The smallest absolute Gasteiger partial charge is 0.344 e. The summed E-state index contributed by atoms with van der Waals surface area (Å²) >= 11 is 0. The zero-order valence-electron chi connectivity index (χ0n) is 58.4. The number of hydrogen-bond donors (Lipinski definition) is 5. The lowest BCUT2D eigenvalue weighted by Crippen LogP contribution is -2.50. The molecule has 0 aromatic carbocycles. The lowest BCUT2D eigenvalue weighted by molar-refractivity contribution is -0.175. The summed E-state index contributed by atoms with van der Waals surface area (Å²) in [6.45, 7) is -1.15. The Morgan fingerprint density at radius 1 is 0.298 bits per heavy atom. The van der Waals surface area contributed by atoms with Gasteiger partial charge < -0.3 is 49.2 Å². The highest BCUT2D eigenvalue weighted by atomic mass is 16.6. The van der Waals surface area contributed by atoms with E-state index in [-0.39, 0.29) is 32.4 Å². The molecule has 0 amide bonds. The van der Waals surface area contributed by atoms with Gasteiger partial charge in [0.15, 0.2) is 6.61 Å². The second-order valence-electron chi connectivity index (χ2n) is 25.9. The van der Waals surface area contributed by atoms with Gasteiger partial charge in [-0.1, -0.05) is 252 Å². The third-order valence-corrected chi connectivity index (χ3v) is 16.9. The molecule has 0 radical (unpaired) electrons. The average molecular weight is 1340 g/mol. The van der Waals surface area contributed by atoms with Crippen LogP contribution >= 0.6 is 0 Å². The third kappa shape index (κ3) is 55.8. The van der Waals surface area contributed by atoms with Crippen molar-refractivity contribution < 1.29 is 97.2 Å². The number of aliphatic carboxylic acids is 5. The number of hydrogen-bond acceptors (Lipinski definition) is 18. The number of carboxylic acids is 5. The summed E-state index contributed by atoms with van der Waals surface area (Å²) in [7, 11) is 0. The van der Waals surface area contributed by atoms with Gasteiger partial charge in [0.05, 0.1) is 32.6 Å². The van der Waals surface area contributed by atoms with E-state index in [1.165, 1.54) is 154 Å². The molecule has 0 aromatic rings. The Morgan fingerprint density at radius 3 is 0.766 bits per heavy atom. The molecular formula is C71H127N3O20. The number of unbranched alkanes of at least 4 members (excludes halogenated alkanes) is 36. The molecular weight excluding hydrogens is 1210 g/mol. The van der Waals surface area contributed by atoms with Crippen molar-refractivity contribution in [2.45, 2.75) is 303 Å². The molecule has 0 aliphatic heterocycles. The van der Waals surface area contributed by atoms with Gasteiger partial charge in [-0.3, -0.25) is 57.9 Å². The molecule has 0 saturated carbocycles. The van der Waals surface area contributed by atoms with E-state index in [1.54, 1.807) is 0 Å². The summed E-state index contributed by atoms with van der Waals surface area (Å²) in [5, 5.41) is 48.0. The zero-order chi connectivity index (χ0) is 69.7. The second kappa shape index (κ2) is 61.2. The standard InChI is InChI=1S/C71H127N3O20/c1-4-7-10-13-16-19-22-25-28-31-34-37-40-43-65(83)91-56-71(57-92-66(84)44-41-38-35-32-29-26-23-20-17-14-11-8-5-2,58-93-67(85)45-42-39-36-33-30-27-24-21-18-15-12-9-6-3)59-94-69(87)55-90-68(86)50-60(70(88)89)74(48-46-72(51-61(75)76)52-62(77)78)49-47-73(53-63(79)80)54-64(81)82/h60H,4-59H2,1-3H3,(H,75,76)(H,77,78)(H,79,80)(H,81,82)(H,88,89). The first-order valence-corrected chi connectivity index (χ1v) is 36.3. The predicted molar refractivity (Wildman–Crippen MR) is 359 cm³/mol. The van der Waals surface area contributed by atoms with Crippen molar-refractivity contribution in [3.8, 4) is 0 Å². The van der Waals surface area contributed by atoms with Crippen molar-refractivity contribution in [3.05, 3.63) is 0 Å². The largest absolute Gasteiger partial charge is 0.480 e. The molecule has 23 heteroatoms. The van der Waals surface area contributed by atoms with Crippen LogP contribution < -0.4 is 0 Å². The van der Waals surface area contributed by atoms with Crippen LogP contribution in [0.15, 0.2) is 0 Å². The summed E-state index contributed by atoms with van der Waals surface area (Å²) in [6, 6.07) is -1.80. The summed E-state index contributed by atoms with van der Waals surface area (Å²) in [5.41, 5.74) is -1.62. The minimum atomic E-state index is -1.80. The Kier molecular flexibility index (Phi) is 57.7. The zero-order valence-corrected chi connectivity index (χ0v) is 58.4. The molecule has 0 saturated heterocycles. The van der Waals surface area contributed by atoms with E-state index in [0.717, 1.165) is 91.7 Å². The van der Waals surface area contributed by atoms with Crippen molar-refractivity contribution in [2.75, 3.05) is 85.4 Å². The van der Waals surface area contributed by atoms with E-state index >= 15 is 0 Å². The topological polar surface area (TPSA) is 328 Å². The first-order chi connectivity index (χ1) is 45.3. The van der Waals surface area contributed by atoms with Crippen molar-refractivity contribution in [3.63, 3.8) is 0 Å². The Morgan fingerprint density at radius 2 is 0.532 bits per heavy atom. The quantitative estimate of drug-likeness (QED) is 0.0215. The minimum absolute atomic E-state index is 0.0852. The number of esters is 5. The maximum atomic E-state index is 13.6. The van der Waals surface area contributed by atoms with Gasteiger partial charge in [-0.15, -0.1) is 0 Å². The average Bonchev–Trinajstić information content (AvgIpc) is 0.986. The fourth-order valence-corrected chi connectivity index (χ4v) is 11.2. The van der Waals surface area contributed by atoms with Crippen molar-refractivity contribution in [1.29, 1.82) is 0 Å². The lowest BCUT2D eigenvalue weighted by Gasteiger charge is -2.32. The summed E-state index contributed by atoms with van der Waals surface area (Å²) in [5.74, 6) is -11.3. The molecule has 1 atom stereocenters. The van der Waals surface area contributed by atoms with Crippen molar-refractivity contribution in [2.24, 2.45) is 5.41 Å². The van der Waals surface area contributed by atoms with Crippen LogP contribution in [0.25, 0.3) is 0 Å². The maximum absolute atomic E-state index is 13.6. The van der Waals surface area contributed by atoms with E-state index in [2.05, 4.69) is 20.8 Å². The molecule has 0 fully saturated rings. The van der Waals surface area contributed by atoms with Gasteiger partial charge in [0, 0.05) is 45.4 Å². The van der Waals surface area contributed by atoms with Crippen LogP contribution in [-0.2, 0) is 71.6 Å². The monoisotopic (exact) mass is 1340 g/mol. The summed E-state index contributed by atoms with van der Waals surface area (Å²) < 4.78 is 28.3. The van der Waals surface area contributed by atoms with Crippen LogP contribution in [0.4, 0.5) is 0 Å². The molecule has 546 valence electrons. The molecule has 0 aromatic heterocycles. The Balaban J connectivity index is 6.42. The van der Waals surface area contributed by atoms with Crippen LogP contribution in [0.3, 0.4) is 0 Å². The summed E-state index contributed by atoms with van der Waals surface area (Å²) in [6.07, 6.45) is 42.8. The van der Waals surface area contributed by atoms with Crippen molar-refractivity contribution >= 4 is 59.7 Å². The first-order valence-electron chi connectivity index (χ1n) is 36.3. The third-order valence-electron chi connectivity index (χ3n) is 16.9. The van der Waals surface area contributed by atoms with E-state index in [4.69, 9.17) is 23.7 Å². The van der Waals surface area contributed by atoms with E-state index < -0.39 is 150 Å². The van der Waals surface area contributed by atoms with Crippen LogP contribution in [0.5, 0.6) is 0 Å². The fraction of sp³-hybridized carbons (Fsp3) is 0.859. The molecule has 0 heterocycles. The molecule has 5 N–H and O–H groups in total. The van der Waals surface area contributed by atoms with Gasteiger partial charge in [-0.05, 0) is 19.3 Å². The first kappa shape index (κ1) is 88.6. The van der Waals surface area contributed by atoms with Crippen LogP contribution in [0.2, 0.25) is 0 Å². The molecule has 0 rings (SSSR count). The number of carbonyl (C=O) groups excluding carboxylic acids is 5. The Bertz CT molecular complexity index is 1840. The van der Waals surface area contributed by atoms with Gasteiger partial charge in [-0.2, -0.15) is 0 Å². The van der Waals surface area contributed by atoms with Crippen molar-refractivity contribution in [1.82, 2.24) is 14.7 Å². The molecule has 0 aliphatic rings. The predicted octanol–water partition coefficient (Wildman–Crippen LogP) is 13.2. The molecule has 94 heavy (non-hydrogen) atoms. The molecule has 0 bridgehead atoms. The molecule has 0 spiro atoms. The Hall–Kier alpha value is -5.42. The second-order valence-corrected chi connectivity index (χ2v) is 25.9. The van der Waals surface area contributed by atoms with Gasteiger partial charge in [0.25, 0.3) is 0 Å². The fourth-order valence-electron chi connectivity index (χ4n) is 11.2. The number of rotatable bonds is 70. The van der Waals surface area contributed by atoms with Crippen LogP contribution in [0, 0.1) is 5.41 Å². The highest BCUT2D eigenvalue weighted by molar-refractivity contribution is 5.83. The van der Waals surface area contributed by atoms with E-state index in [0.29, 0.717) is 19.3 Å².